The van der Waals surface area contributed by atoms with Crippen molar-refractivity contribution in [3.63, 3.8) is 0 Å². The van der Waals surface area contributed by atoms with Crippen LogP contribution in [0, 0.1) is 0 Å². The molecule has 9 heteroatoms. The van der Waals surface area contributed by atoms with E-state index in [9.17, 15) is 14.4 Å². The highest BCUT2D eigenvalue weighted by atomic mass is 32.2. The van der Waals surface area contributed by atoms with Gasteiger partial charge < -0.3 is 19.4 Å². The Morgan fingerprint density at radius 3 is 2.58 bits per heavy atom. The van der Waals surface area contributed by atoms with Crippen LogP contribution in [0.4, 0.5) is 16.4 Å². The van der Waals surface area contributed by atoms with Crippen molar-refractivity contribution in [3.05, 3.63) is 47.1 Å². The first-order valence-corrected chi connectivity index (χ1v) is 10.9. The number of hydrogen-bond acceptors (Lipinski definition) is 7. The molecule has 2 aliphatic heterocycles. The molecule has 162 valence electrons. The lowest BCUT2D eigenvalue weighted by molar-refractivity contribution is -0.127. The second-order valence-corrected chi connectivity index (χ2v) is 8.26. The van der Waals surface area contributed by atoms with Gasteiger partial charge in [-0.3, -0.25) is 19.3 Å². The number of nitrogens with one attached hydrogen (secondary N) is 1. The molecule has 2 saturated heterocycles. The van der Waals surface area contributed by atoms with Gasteiger partial charge in [0.15, 0.2) is 5.88 Å². The molecule has 2 aromatic rings. The van der Waals surface area contributed by atoms with E-state index < -0.39 is 17.1 Å². The van der Waals surface area contributed by atoms with E-state index in [0.29, 0.717) is 17.2 Å². The van der Waals surface area contributed by atoms with E-state index in [1.54, 1.807) is 43.5 Å². The summed E-state index contributed by atoms with van der Waals surface area (Å²) >= 11 is 0.803. The van der Waals surface area contributed by atoms with Gasteiger partial charge >= 0.3 is 0 Å². The molecule has 0 radical (unpaired) electrons. The molecule has 4 rings (SSSR count). The van der Waals surface area contributed by atoms with E-state index in [0.717, 1.165) is 48.5 Å². The Morgan fingerprint density at radius 1 is 1.13 bits per heavy atom. The number of nitrogens with zero attached hydrogens (tertiary/aromatic N) is 2. The molecule has 0 unspecified atom stereocenters. The van der Waals surface area contributed by atoms with Crippen molar-refractivity contribution in [1.82, 2.24) is 4.90 Å². The minimum Gasteiger partial charge on any atom is -0.497 e. The number of furan rings is 1. The third-order valence-corrected chi connectivity index (χ3v) is 6.01. The molecule has 1 aromatic heterocycles. The first-order valence-electron chi connectivity index (χ1n) is 10.1. The summed E-state index contributed by atoms with van der Waals surface area (Å²) in [6.07, 6.45) is 5.05. The predicted octanol–water partition coefficient (Wildman–Crippen LogP) is 3.95. The normalized spacial score (nSPS) is 18.0. The number of piperidine rings is 1. The van der Waals surface area contributed by atoms with E-state index in [4.69, 9.17) is 9.15 Å². The van der Waals surface area contributed by atoms with Crippen molar-refractivity contribution in [2.75, 3.05) is 37.0 Å². The maximum absolute atomic E-state index is 12.7. The van der Waals surface area contributed by atoms with Crippen molar-refractivity contribution in [3.8, 4) is 5.75 Å². The maximum Gasteiger partial charge on any atom is 0.294 e. The Morgan fingerprint density at radius 2 is 1.87 bits per heavy atom. The molecule has 0 bridgehead atoms. The summed E-state index contributed by atoms with van der Waals surface area (Å²) < 4.78 is 10.9. The topological polar surface area (TPSA) is 92.1 Å². The fraction of sp³-hybridized carbons (Fsp3) is 0.318. The summed E-state index contributed by atoms with van der Waals surface area (Å²) in [6, 6.07) is 10.4. The fourth-order valence-electron chi connectivity index (χ4n) is 3.49. The molecule has 1 N–H and O–H groups in total. The fourth-order valence-corrected chi connectivity index (χ4v) is 4.31. The van der Waals surface area contributed by atoms with Crippen molar-refractivity contribution in [2.45, 2.75) is 19.3 Å². The van der Waals surface area contributed by atoms with Gasteiger partial charge in [-0.1, -0.05) is 0 Å². The van der Waals surface area contributed by atoms with Gasteiger partial charge in [-0.2, -0.15) is 0 Å². The van der Waals surface area contributed by atoms with Gasteiger partial charge in [0.2, 0.25) is 5.91 Å². The summed E-state index contributed by atoms with van der Waals surface area (Å²) in [5.41, 5.74) is 0.550. The van der Waals surface area contributed by atoms with Crippen LogP contribution in [-0.4, -0.2) is 48.7 Å². The van der Waals surface area contributed by atoms with Crippen LogP contribution in [0.5, 0.6) is 5.75 Å². The van der Waals surface area contributed by atoms with Gasteiger partial charge in [0.1, 0.15) is 18.1 Å². The average molecular weight is 442 g/mol. The molecule has 0 atom stereocenters. The summed E-state index contributed by atoms with van der Waals surface area (Å²) in [6.45, 7) is 1.55. The number of carbonyl (C=O) groups excluding carboxylic acids is 3. The smallest absolute Gasteiger partial charge is 0.294 e. The standard InChI is InChI=1S/C22H23N3O5S/c1-29-16-7-5-15(6-8-16)23-19(26)14-25-21(27)18(31-22(25)28)13-17-9-10-20(30-17)24-11-3-2-4-12-24/h5-10,13H,2-4,11-12,14H2,1H3,(H,23,26). The van der Waals surface area contributed by atoms with E-state index in [2.05, 4.69) is 10.2 Å². The van der Waals surface area contributed by atoms with Gasteiger partial charge in [-0.15, -0.1) is 0 Å². The number of benzene rings is 1. The van der Waals surface area contributed by atoms with Crippen LogP contribution in [0.25, 0.3) is 6.08 Å². The molecule has 2 fully saturated rings. The molecule has 2 aliphatic rings. The van der Waals surface area contributed by atoms with Crippen molar-refractivity contribution in [1.29, 1.82) is 0 Å². The number of hydrogen-bond donors (Lipinski definition) is 1. The maximum atomic E-state index is 12.7. The van der Waals surface area contributed by atoms with Gasteiger partial charge in [-0.05, 0) is 61.4 Å². The monoisotopic (exact) mass is 441 g/mol. The van der Waals surface area contributed by atoms with E-state index in [1.165, 1.54) is 6.42 Å². The van der Waals surface area contributed by atoms with E-state index in [-0.39, 0.29) is 11.4 Å². The molecule has 0 aliphatic carbocycles. The van der Waals surface area contributed by atoms with Crippen LogP contribution in [0.1, 0.15) is 25.0 Å². The van der Waals surface area contributed by atoms with E-state index >= 15 is 0 Å². The summed E-state index contributed by atoms with van der Waals surface area (Å²) in [5.74, 6) is 0.975. The lowest BCUT2D eigenvalue weighted by Crippen LogP contribution is -2.36. The third kappa shape index (κ3) is 4.93. The van der Waals surface area contributed by atoms with E-state index in [1.807, 2.05) is 6.07 Å². The zero-order chi connectivity index (χ0) is 21.8. The van der Waals surface area contributed by atoms with Gasteiger partial charge in [0.05, 0.1) is 12.0 Å². The Kier molecular flexibility index (Phi) is 6.31. The first kappa shape index (κ1) is 21.0. The number of rotatable bonds is 6. The number of methoxy groups -OCH3 is 1. The van der Waals surface area contributed by atoms with Gasteiger partial charge in [0, 0.05) is 30.9 Å². The van der Waals surface area contributed by atoms with Gasteiger partial charge in [-0.25, -0.2) is 0 Å². The zero-order valence-electron chi connectivity index (χ0n) is 17.1. The first-order chi connectivity index (χ1) is 15.0. The number of carbonyl (C=O) groups is 3. The highest BCUT2D eigenvalue weighted by Crippen LogP contribution is 2.33. The SMILES string of the molecule is COc1ccc(NC(=O)CN2C(=O)SC(=Cc3ccc(N4CCCCC4)o3)C2=O)cc1. The number of ether oxygens (including phenoxy) is 1. The highest BCUT2D eigenvalue weighted by molar-refractivity contribution is 8.18. The minimum atomic E-state index is -0.504. The largest absolute Gasteiger partial charge is 0.497 e. The van der Waals surface area contributed by atoms with Crippen LogP contribution in [0.15, 0.2) is 45.7 Å². The van der Waals surface area contributed by atoms with Crippen LogP contribution < -0.4 is 15.0 Å². The Bertz CT molecular complexity index is 1010. The molecule has 0 spiro atoms. The second kappa shape index (κ2) is 9.30. The molecule has 3 amide bonds. The molecule has 8 nitrogen and oxygen atoms in total. The average Bonchev–Trinajstić information content (AvgIpc) is 3.35. The van der Waals surface area contributed by atoms with Crippen LogP contribution in [0.3, 0.4) is 0 Å². The number of imide groups is 1. The van der Waals surface area contributed by atoms with Crippen molar-refractivity contribution >= 4 is 46.5 Å². The Balaban J connectivity index is 1.38. The zero-order valence-corrected chi connectivity index (χ0v) is 17.9. The minimum absolute atomic E-state index is 0.238. The Labute approximate surface area is 184 Å². The second-order valence-electron chi connectivity index (χ2n) is 7.27. The molecule has 1 aromatic carbocycles. The number of amides is 3. The molecular weight excluding hydrogens is 418 g/mol. The molecule has 3 heterocycles. The third-order valence-electron chi connectivity index (χ3n) is 5.10. The quantitative estimate of drug-likeness (QED) is 0.679. The number of anilines is 2. The summed E-state index contributed by atoms with van der Waals surface area (Å²) in [7, 11) is 1.55. The molecule has 0 saturated carbocycles. The molecule has 31 heavy (non-hydrogen) atoms. The predicted molar refractivity (Wildman–Crippen MR) is 119 cm³/mol. The van der Waals surface area contributed by atoms with Crippen LogP contribution in [-0.2, 0) is 9.59 Å². The van der Waals surface area contributed by atoms with Crippen LogP contribution in [0.2, 0.25) is 0 Å². The lowest BCUT2D eigenvalue weighted by atomic mass is 10.1. The van der Waals surface area contributed by atoms with Gasteiger partial charge in [0.25, 0.3) is 11.1 Å². The van der Waals surface area contributed by atoms with Crippen molar-refractivity contribution < 1.29 is 23.5 Å². The van der Waals surface area contributed by atoms with Crippen molar-refractivity contribution in [2.24, 2.45) is 0 Å². The summed E-state index contributed by atoms with van der Waals surface area (Å²) in [5, 5.41) is 2.19. The Hall–Kier alpha value is -3.20. The number of thioether (sulfide) groups is 1. The van der Waals surface area contributed by atoms with Crippen LogP contribution >= 0.6 is 11.8 Å². The molecular formula is C22H23N3O5S. The summed E-state index contributed by atoms with van der Waals surface area (Å²) in [4.78, 5) is 40.6. The lowest BCUT2D eigenvalue weighted by Gasteiger charge is -2.25. The highest BCUT2D eigenvalue weighted by Gasteiger charge is 2.36.